The minimum Gasteiger partial charge on any atom is -0.424 e. The zero-order valence-electron chi connectivity index (χ0n) is 17.5. The summed E-state index contributed by atoms with van der Waals surface area (Å²) in [5.74, 6) is 2.37. The third kappa shape index (κ3) is 2.78. The van der Waals surface area contributed by atoms with Gasteiger partial charge < -0.3 is 9.73 Å². The van der Waals surface area contributed by atoms with Crippen molar-refractivity contribution in [1.29, 1.82) is 0 Å². The van der Waals surface area contributed by atoms with Gasteiger partial charge in [-0.2, -0.15) is 4.98 Å². The highest BCUT2D eigenvalue weighted by Gasteiger charge is 2.54. The van der Waals surface area contributed by atoms with Gasteiger partial charge in [0.1, 0.15) is 11.3 Å². The summed E-state index contributed by atoms with van der Waals surface area (Å²) >= 11 is 0. The third-order valence-electron chi connectivity index (χ3n) is 8.87. The summed E-state index contributed by atoms with van der Waals surface area (Å²) in [4.78, 5) is 17.4. The molecule has 0 bridgehead atoms. The smallest absolute Gasteiger partial charge is 0.295 e. The van der Waals surface area contributed by atoms with Crippen LogP contribution < -0.4 is 5.32 Å². The molecular weight excluding hydrogens is 360 g/mol. The highest BCUT2D eigenvalue weighted by Crippen LogP contribution is 2.59. The Kier molecular flexibility index (Phi) is 4.08. The van der Waals surface area contributed by atoms with Crippen molar-refractivity contribution < 1.29 is 9.21 Å². The Morgan fingerprint density at radius 2 is 1.93 bits per heavy atom. The van der Waals surface area contributed by atoms with Gasteiger partial charge in [0, 0.05) is 17.9 Å². The lowest BCUT2D eigenvalue weighted by Crippen LogP contribution is -2.42. The van der Waals surface area contributed by atoms with Crippen LogP contribution in [0.3, 0.4) is 0 Å². The molecule has 0 amide bonds. The molecule has 0 radical (unpaired) electrons. The van der Waals surface area contributed by atoms with Crippen LogP contribution in [-0.2, 0) is 11.2 Å². The molecule has 1 N–H and O–H groups in total. The number of fused-ring (bicyclic) bond motifs is 6. The summed E-state index contributed by atoms with van der Waals surface area (Å²) in [5.41, 5.74) is 4.82. The molecule has 0 spiro atoms. The average Bonchev–Trinajstić information content (AvgIpc) is 3.26. The van der Waals surface area contributed by atoms with Gasteiger partial charge in [-0.1, -0.05) is 26.2 Å². The molecule has 4 aliphatic rings. The Hall–Kier alpha value is -1.84. The molecule has 4 aliphatic carbocycles. The van der Waals surface area contributed by atoms with Gasteiger partial charge in [-0.3, -0.25) is 4.79 Å². The van der Waals surface area contributed by atoms with E-state index in [9.17, 15) is 4.79 Å². The van der Waals surface area contributed by atoms with Crippen LogP contribution in [0, 0.1) is 17.3 Å². The van der Waals surface area contributed by atoms with Gasteiger partial charge in [0.15, 0.2) is 5.58 Å². The molecule has 3 fully saturated rings. The number of aryl methyl sites for hydroxylation is 1. The largest absolute Gasteiger partial charge is 0.424 e. The van der Waals surface area contributed by atoms with Crippen LogP contribution in [-0.4, -0.2) is 16.8 Å². The maximum Gasteiger partial charge on any atom is 0.295 e. The van der Waals surface area contributed by atoms with E-state index in [2.05, 4.69) is 24.4 Å². The van der Waals surface area contributed by atoms with E-state index in [1.807, 2.05) is 0 Å². The van der Waals surface area contributed by atoms with Crippen molar-refractivity contribution in [2.45, 2.75) is 89.5 Å². The number of ketones is 1. The van der Waals surface area contributed by atoms with Gasteiger partial charge >= 0.3 is 0 Å². The molecule has 2 aromatic rings. The quantitative estimate of drug-likeness (QED) is 0.681. The lowest BCUT2D eigenvalue weighted by atomic mass is 9.55. The van der Waals surface area contributed by atoms with E-state index in [4.69, 9.17) is 9.40 Å². The van der Waals surface area contributed by atoms with Crippen molar-refractivity contribution in [2.75, 3.05) is 5.32 Å². The fraction of sp³-hybridized carbons (Fsp3) is 0.680. The Morgan fingerprint density at radius 1 is 1.07 bits per heavy atom. The molecule has 6 rings (SSSR count). The molecule has 3 saturated carbocycles. The predicted octanol–water partition coefficient (Wildman–Crippen LogP) is 6.00. The van der Waals surface area contributed by atoms with Gasteiger partial charge in [-0.05, 0) is 86.0 Å². The molecule has 4 heteroatoms. The van der Waals surface area contributed by atoms with Crippen molar-refractivity contribution >= 4 is 22.9 Å². The molecular formula is C25H32N2O2. The molecule has 154 valence electrons. The number of carbonyl (C=O) groups excluding carboxylic acids is 1. The first kappa shape index (κ1) is 18.0. The molecule has 29 heavy (non-hydrogen) atoms. The number of carbonyl (C=O) groups is 1. The van der Waals surface area contributed by atoms with Crippen molar-refractivity contribution in [2.24, 2.45) is 17.3 Å². The van der Waals surface area contributed by atoms with Crippen LogP contribution in [0.15, 0.2) is 16.5 Å². The second-order valence-electron chi connectivity index (χ2n) is 10.4. The van der Waals surface area contributed by atoms with E-state index in [0.717, 1.165) is 43.2 Å². The standard InChI is InChI=1S/C25H32N2O2/c1-25-12-11-17-18(20(25)9-10-23(25)28)8-7-15-13-22-21(14-19(15)17)27-24(29-22)26-16-5-3-2-4-6-16/h13-14,16-18,20H,2-12H2,1H3,(H,26,27)/t17-,18+,20-,25-/m0/s1. The SMILES string of the molecule is C[C@]12CC[C@@H]3c4cc5nc(NC6CCCCC6)oc5cc4CC[C@H]3[C@@H]1CCC2=O. The number of anilines is 1. The van der Waals surface area contributed by atoms with Crippen molar-refractivity contribution in [3.63, 3.8) is 0 Å². The first-order valence-electron chi connectivity index (χ1n) is 11.8. The zero-order valence-corrected chi connectivity index (χ0v) is 17.5. The molecule has 1 aromatic heterocycles. The van der Waals surface area contributed by atoms with Crippen LogP contribution in [0.2, 0.25) is 0 Å². The molecule has 4 atom stereocenters. The van der Waals surface area contributed by atoms with E-state index < -0.39 is 0 Å². The Morgan fingerprint density at radius 3 is 2.79 bits per heavy atom. The van der Waals surface area contributed by atoms with Gasteiger partial charge in [-0.25, -0.2) is 0 Å². The normalized spacial score (nSPS) is 34.7. The first-order chi connectivity index (χ1) is 14.1. The van der Waals surface area contributed by atoms with Crippen molar-refractivity contribution in [3.05, 3.63) is 23.3 Å². The maximum atomic E-state index is 12.6. The molecule has 0 saturated heterocycles. The van der Waals surface area contributed by atoms with Gasteiger partial charge in [0.25, 0.3) is 6.01 Å². The lowest BCUT2D eigenvalue weighted by molar-refractivity contribution is -0.129. The molecule has 0 unspecified atom stereocenters. The van der Waals surface area contributed by atoms with E-state index >= 15 is 0 Å². The van der Waals surface area contributed by atoms with Crippen LogP contribution in [0.25, 0.3) is 11.1 Å². The monoisotopic (exact) mass is 392 g/mol. The van der Waals surface area contributed by atoms with Crippen molar-refractivity contribution in [3.8, 4) is 0 Å². The Bertz CT molecular complexity index is 957. The Labute approximate surface area is 172 Å². The zero-order chi connectivity index (χ0) is 19.6. The number of benzene rings is 1. The molecule has 1 aromatic carbocycles. The number of hydrogen-bond donors (Lipinski definition) is 1. The van der Waals surface area contributed by atoms with Crippen LogP contribution >= 0.6 is 0 Å². The van der Waals surface area contributed by atoms with Crippen LogP contribution in [0.4, 0.5) is 6.01 Å². The van der Waals surface area contributed by atoms with Gasteiger partial charge in [0.2, 0.25) is 0 Å². The van der Waals surface area contributed by atoms with E-state index in [0.29, 0.717) is 35.6 Å². The maximum absolute atomic E-state index is 12.6. The lowest BCUT2D eigenvalue weighted by Gasteiger charge is -2.48. The number of aromatic nitrogens is 1. The number of rotatable bonds is 2. The van der Waals surface area contributed by atoms with E-state index in [1.54, 1.807) is 0 Å². The first-order valence-corrected chi connectivity index (χ1v) is 11.8. The summed E-state index contributed by atoms with van der Waals surface area (Å²) in [5, 5.41) is 3.54. The van der Waals surface area contributed by atoms with Gasteiger partial charge in [-0.15, -0.1) is 0 Å². The second-order valence-corrected chi connectivity index (χ2v) is 10.4. The molecule has 1 heterocycles. The fourth-order valence-electron chi connectivity index (χ4n) is 7.25. The summed E-state index contributed by atoms with van der Waals surface area (Å²) in [7, 11) is 0. The Balaban J connectivity index is 1.31. The summed E-state index contributed by atoms with van der Waals surface area (Å²) in [6.45, 7) is 2.25. The highest BCUT2D eigenvalue weighted by atomic mass is 16.4. The molecule has 0 aliphatic heterocycles. The summed E-state index contributed by atoms with van der Waals surface area (Å²) in [6.07, 6.45) is 12.8. The number of nitrogens with zero attached hydrogens (tertiary/aromatic N) is 1. The summed E-state index contributed by atoms with van der Waals surface area (Å²) < 4.78 is 6.11. The van der Waals surface area contributed by atoms with Crippen molar-refractivity contribution in [1.82, 2.24) is 4.98 Å². The number of oxazole rings is 1. The average molecular weight is 393 g/mol. The van der Waals surface area contributed by atoms with E-state index in [-0.39, 0.29) is 5.41 Å². The number of nitrogens with one attached hydrogen (secondary N) is 1. The predicted molar refractivity (Wildman–Crippen MR) is 114 cm³/mol. The number of hydrogen-bond acceptors (Lipinski definition) is 4. The number of Topliss-reactive ketones (excluding diaryl/α,β-unsaturated/α-hetero) is 1. The van der Waals surface area contributed by atoms with E-state index in [1.165, 1.54) is 49.7 Å². The molecule has 4 nitrogen and oxygen atoms in total. The van der Waals surface area contributed by atoms with Crippen LogP contribution in [0.1, 0.15) is 88.2 Å². The second kappa shape index (κ2) is 6.58. The van der Waals surface area contributed by atoms with Gasteiger partial charge in [0.05, 0.1) is 0 Å². The topological polar surface area (TPSA) is 55.1 Å². The minimum atomic E-state index is -0.0479. The van der Waals surface area contributed by atoms with Crippen LogP contribution in [0.5, 0.6) is 0 Å². The minimum absolute atomic E-state index is 0.0479. The highest BCUT2D eigenvalue weighted by molar-refractivity contribution is 5.87. The third-order valence-corrected chi connectivity index (χ3v) is 8.87. The fourth-order valence-corrected chi connectivity index (χ4v) is 7.25. The summed E-state index contributed by atoms with van der Waals surface area (Å²) in [6, 6.07) is 5.78.